The van der Waals surface area contributed by atoms with Gasteiger partial charge in [-0.3, -0.25) is 14.8 Å². The van der Waals surface area contributed by atoms with Crippen molar-refractivity contribution in [2.75, 3.05) is 13.1 Å². The normalized spacial score (nSPS) is 22.8. The van der Waals surface area contributed by atoms with Gasteiger partial charge in [0.15, 0.2) is 0 Å². The molecule has 270 valence electrons. The fourth-order valence-electron chi connectivity index (χ4n) is 11.5. The first kappa shape index (κ1) is 32.8. The number of aromatic nitrogens is 1. The number of pyridine rings is 1. The molecule has 0 fully saturated rings. The maximum atomic E-state index is 5.45. The van der Waals surface area contributed by atoms with Crippen molar-refractivity contribution in [1.29, 1.82) is 0 Å². The SMILES string of the molecule is C1=c2ccccc2=C2c3c(ccc4c3=CCCC=4)CN(Cc3cccc(CN4Cc5ccc6c(c5[C@@H]5c7ccccc7CCC5C4)CCCC6)n3)C[C@H]2C1. The molecule has 11 rings (SSSR count). The summed E-state index contributed by atoms with van der Waals surface area (Å²) < 4.78 is 0. The first-order chi connectivity index (χ1) is 26.7. The van der Waals surface area contributed by atoms with Gasteiger partial charge in [0.25, 0.3) is 0 Å². The van der Waals surface area contributed by atoms with Crippen LogP contribution in [0.5, 0.6) is 0 Å². The fraction of sp³-hybridized carbons (Fsp3) is 0.353. The van der Waals surface area contributed by atoms with Gasteiger partial charge in [-0.15, -0.1) is 0 Å². The Bertz CT molecular complexity index is 2540. The van der Waals surface area contributed by atoms with E-state index in [0.717, 1.165) is 58.5 Å². The summed E-state index contributed by atoms with van der Waals surface area (Å²) in [5.41, 5.74) is 16.7. The maximum Gasteiger partial charge on any atom is 0.0548 e. The quantitative estimate of drug-likeness (QED) is 0.200. The van der Waals surface area contributed by atoms with Gasteiger partial charge in [-0.05, 0) is 147 Å². The topological polar surface area (TPSA) is 19.4 Å². The van der Waals surface area contributed by atoms with E-state index in [-0.39, 0.29) is 0 Å². The number of hydrogen-bond acceptors (Lipinski definition) is 3. The molecule has 1 aromatic heterocycles. The second-order valence-electron chi connectivity index (χ2n) is 17.1. The molecule has 54 heavy (non-hydrogen) atoms. The minimum atomic E-state index is 0.475. The predicted molar refractivity (Wildman–Crippen MR) is 220 cm³/mol. The van der Waals surface area contributed by atoms with E-state index in [1.54, 1.807) is 39.0 Å². The monoisotopic (exact) mass is 705 g/mol. The van der Waals surface area contributed by atoms with Crippen molar-refractivity contribution in [3.8, 4) is 0 Å². The molecule has 0 bridgehead atoms. The van der Waals surface area contributed by atoms with Crippen LogP contribution in [0.1, 0.15) is 100 Å². The second kappa shape index (κ2) is 13.6. The molecule has 0 saturated heterocycles. The Kier molecular flexibility index (Phi) is 8.28. The lowest BCUT2D eigenvalue weighted by Crippen LogP contribution is -2.39. The van der Waals surface area contributed by atoms with Gasteiger partial charge in [0.05, 0.1) is 11.4 Å². The average molecular weight is 706 g/mol. The summed E-state index contributed by atoms with van der Waals surface area (Å²) in [6, 6.07) is 35.1. The lowest BCUT2D eigenvalue weighted by atomic mass is 9.68. The molecule has 2 aliphatic heterocycles. The summed E-state index contributed by atoms with van der Waals surface area (Å²) in [5.74, 6) is 1.63. The van der Waals surface area contributed by atoms with E-state index < -0.39 is 0 Å². The van der Waals surface area contributed by atoms with E-state index in [1.165, 1.54) is 81.9 Å². The van der Waals surface area contributed by atoms with Gasteiger partial charge >= 0.3 is 0 Å². The molecule has 0 saturated carbocycles. The van der Waals surface area contributed by atoms with Gasteiger partial charge in [-0.1, -0.05) is 97.1 Å². The molecular weight excluding hydrogens is 655 g/mol. The van der Waals surface area contributed by atoms with Gasteiger partial charge in [0.2, 0.25) is 0 Å². The third kappa shape index (κ3) is 5.74. The standard InChI is InChI=1S/C51H51N3/c1-5-16-44-34(10-1)20-24-38-28-53(29-39-25-21-35-11-2-6-17-45(35)49(39)48(38)44)32-42-14-9-15-43(52-42)33-54-30-40-26-22-36-12-3-7-18-46(36)50(40)51-41(31-54)27-23-37-13-4-8-19-47(37)51/h1,3,5,7,9-12,14-18,20-21,23,25,27,38,40,50H,2,4,6,8,13,19,22,24,26,28-33H2/t38-,40?,50+/m1/s1. The molecule has 0 amide bonds. The van der Waals surface area contributed by atoms with Crippen LogP contribution in [0.15, 0.2) is 91.0 Å². The first-order valence-corrected chi connectivity index (χ1v) is 21.0. The van der Waals surface area contributed by atoms with Crippen molar-refractivity contribution < 1.29 is 0 Å². The average Bonchev–Trinajstić information content (AvgIpc) is 3.48. The van der Waals surface area contributed by atoms with Gasteiger partial charge in [0.1, 0.15) is 0 Å². The number of rotatable bonds is 4. The lowest BCUT2D eigenvalue weighted by molar-refractivity contribution is 0.203. The van der Waals surface area contributed by atoms with Crippen molar-refractivity contribution in [2.45, 2.75) is 89.9 Å². The third-order valence-corrected chi connectivity index (χ3v) is 13.8. The van der Waals surface area contributed by atoms with E-state index in [1.807, 2.05) is 0 Å². The van der Waals surface area contributed by atoms with Crippen LogP contribution in [0.4, 0.5) is 0 Å². The Morgan fingerprint density at radius 3 is 2.33 bits per heavy atom. The molecule has 3 heterocycles. The fourth-order valence-corrected chi connectivity index (χ4v) is 11.5. The van der Waals surface area contributed by atoms with Crippen LogP contribution in [0.3, 0.4) is 0 Å². The van der Waals surface area contributed by atoms with Crippen LogP contribution in [-0.4, -0.2) is 27.9 Å². The van der Waals surface area contributed by atoms with Gasteiger partial charge in [0, 0.05) is 51.1 Å². The van der Waals surface area contributed by atoms with Crippen molar-refractivity contribution in [2.24, 2.45) is 11.8 Å². The van der Waals surface area contributed by atoms with Crippen molar-refractivity contribution in [3.05, 3.63) is 168 Å². The Morgan fingerprint density at radius 2 is 1.39 bits per heavy atom. The molecule has 6 aliphatic rings. The van der Waals surface area contributed by atoms with Crippen LogP contribution in [0.2, 0.25) is 0 Å². The van der Waals surface area contributed by atoms with Crippen molar-refractivity contribution in [3.63, 3.8) is 0 Å². The highest BCUT2D eigenvalue weighted by Crippen LogP contribution is 2.47. The number of benzene rings is 4. The molecule has 0 radical (unpaired) electrons. The van der Waals surface area contributed by atoms with E-state index in [0.29, 0.717) is 17.8 Å². The Morgan fingerprint density at radius 1 is 0.611 bits per heavy atom. The lowest BCUT2D eigenvalue weighted by Gasteiger charge is -2.36. The molecule has 4 aliphatic carbocycles. The molecule has 3 heteroatoms. The number of nitrogens with zero attached hydrogens (tertiary/aromatic N) is 3. The van der Waals surface area contributed by atoms with Crippen LogP contribution >= 0.6 is 0 Å². The molecule has 3 nitrogen and oxygen atoms in total. The van der Waals surface area contributed by atoms with Crippen LogP contribution < -0.4 is 20.9 Å². The first-order valence-electron chi connectivity index (χ1n) is 21.0. The summed E-state index contributed by atoms with van der Waals surface area (Å²) in [6.07, 6.45) is 18.5. The molecule has 1 unspecified atom stereocenters. The zero-order valence-electron chi connectivity index (χ0n) is 31.6. The van der Waals surface area contributed by atoms with Gasteiger partial charge in [-0.25, -0.2) is 0 Å². The summed E-state index contributed by atoms with van der Waals surface area (Å²) in [5, 5.41) is 5.73. The predicted octanol–water partition coefficient (Wildman–Crippen LogP) is 7.04. The summed E-state index contributed by atoms with van der Waals surface area (Å²) in [4.78, 5) is 10.9. The summed E-state index contributed by atoms with van der Waals surface area (Å²) in [6.45, 7) is 5.95. The molecule has 5 aromatic rings. The van der Waals surface area contributed by atoms with E-state index in [9.17, 15) is 0 Å². The van der Waals surface area contributed by atoms with Crippen LogP contribution in [0, 0.1) is 11.8 Å². The zero-order valence-corrected chi connectivity index (χ0v) is 31.6. The highest BCUT2D eigenvalue weighted by molar-refractivity contribution is 5.74. The minimum Gasteiger partial charge on any atom is -0.293 e. The van der Waals surface area contributed by atoms with Gasteiger partial charge in [-0.2, -0.15) is 0 Å². The Balaban J connectivity index is 0.907. The second-order valence-corrected chi connectivity index (χ2v) is 17.1. The molecule has 0 spiro atoms. The summed E-state index contributed by atoms with van der Waals surface area (Å²) >= 11 is 0. The Hall–Kier alpha value is -4.57. The van der Waals surface area contributed by atoms with E-state index in [4.69, 9.17) is 4.98 Å². The number of hydrogen-bond donors (Lipinski definition) is 0. The van der Waals surface area contributed by atoms with E-state index >= 15 is 0 Å². The Labute approximate surface area is 320 Å². The third-order valence-electron chi connectivity index (χ3n) is 13.8. The smallest absolute Gasteiger partial charge is 0.0548 e. The molecular formula is C51H51N3. The highest BCUT2D eigenvalue weighted by atomic mass is 15.2. The molecule has 3 atom stereocenters. The maximum absolute atomic E-state index is 5.45. The van der Waals surface area contributed by atoms with Crippen LogP contribution in [-0.2, 0) is 45.4 Å². The number of aryl methyl sites for hydroxylation is 2. The summed E-state index contributed by atoms with van der Waals surface area (Å²) in [7, 11) is 0. The van der Waals surface area contributed by atoms with Crippen LogP contribution in [0.25, 0.3) is 23.8 Å². The minimum absolute atomic E-state index is 0.475. The number of fused-ring (bicyclic) bond motifs is 13. The van der Waals surface area contributed by atoms with Gasteiger partial charge < -0.3 is 0 Å². The largest absolute Gasteiger partial charge is 0.293 e. The van der Waals surface area contributed by atoms with Crippen molar-refractivity contribution in [1.82, 2.24) is 14.8 Å². The molecule has 4 aromatic carbocycles. The van der Waals surface area contributed by atoms with Crippen molar-refractivity contribution >= 4 is 23.8 Å². The zero-order chi connectivity index (χ0) is 35.6. The highest BCUT2D eigenvalue weighted by Gasteiger charge is 2.38. The van der Waals surface area contributed by atoms with E-state index in [2.05, 4.69) is 119 Å². The molecule has 0 N–H and O–H groups in total.